The third kappa shape index (κ3) is 4.29. The molecule has 2 aromatic carbocycles. The lowest BCUT2D eigenvalue weighted by molar-refractivity contribution is -0.151. The Kier molecular flexibility index (Phi) is 6.53. The van der Waals surface area contributed by atoms with Gasteiger partial charge in [-0.15, -0.1) is 0 Å². The van der Waals surface area contributed by atoms with Crippen molar-refractivity contribution in [1.29, 1.82) is 0 Å². The molecule has 1 heterocycles. The average molecular weight is 405 g/mol. The van der Waals surface area contributed by atoms with E-state index in [1.54, 1.807) is 0 Å². The summed E-state index contributed by atoms with van der Waals surface area (Å²) in [5, 5.41) is 0. The van der Waals surface area contributed by atoms with Crippen LogP contribution in [0.2, 0.25) is 0 Å². The standard InChI is InChI=1S/C26H32N2O2/c1-3-30-26(29)25-18-24(27(2)21-14-8-5-9-15-21)22-16-10-11-17-23(22)28(25)19-20-12-6-4-7-13-20/h4-9,12-15,23,25H,3,10-11,16-19H2,1-2H3/t23-,25-/m1/s1. The number of para-hydroxylation sites is 1. The average Bonchev–Trinajstić information content (AvgIpc) is 2.80. The summed E-state index contributed by atoms with van der Waals surface area (Å²) in [6.07, 6.45) is 5.34. The van der Waals surface area contributed by atoms with Gasteiger partial charge in [0.05, 0.1) is 6.61 Å². The van der Waals surface area contributed by atoms with Crippen molar-refractivity contribution in [1.82, 2.24) is 4.90 Å². The molecule has 1 aliphatic carbocycles. The smallest absolute Gasteiger partial charge is 0.323 e. The molecule has 0 aromatic heterocycles. The number of rotatable bonds is 6. The second kappa shape index (κ2) is 9.48. The Bertz CT molecular complexity index is 878. The predicted molar refractivity (Wildman–Crippen MR) is 121 cm³/mol. The second-order valence-electron chi connectivity index (χ2n) is 8.26. The summed E-state index contributed by atoms with van der Waals surface area (Å²) in [6.45, 7) is 3.08. The van der Waals surface area contributed by atoms with Crippen molar-refractivity contribution < 1.29 is 9.53 Å². The SMILES string of the molecule is CCOC(=O)[C@H]1CC(N(C)c2ccccc2)=C2CCCC[C@H]2N1Cc1ccccc1. The molecule has 0 unspecified atom stereocenters. The number of benzene rings is 2. The number of anilines is 1. The Morgan fingerprint density at radius 2 is 1.77 bits per heavy atom. The molecule has 1 fully saturated rings. The van der Waals surface area contributed by atoms with Gasteiger partial charge in [0.25, 0.3) is 0 Å². The van der Waals surface area contributed by atoms with Crippen molar-refractivity contribution in [2.24, 2.45) is 0 Å². The summed E-state index contributed by atoms with van der Waals surface area (Å²) < 4.78 is 5.54. The molecule has 1 aliphatic heterocycles. The summed E-state index contributed by atoms with van der Waals surface area (Å²) >= 11 is 0. The number of fused-ring (bicyclic) bond motifs is 1. The van der Waals surface area contributed by atoms with Crippen LogP contribution in [0.1, 0.15) is 44.6 Å². The lowest BCUT2D eigenvalue weighted by Gasteiger charge is -2.47. The van der Waals surface area contributed by atoms with Crippen LogP contribution in [0.15, 0.2) is 71.9 Å². The number of hydrogen-bond donors (Lipinski definition) is 0. The highest BCUT2D eigenvalue weighted by atomic mass is 16.5. The van der Waals surface area contributed by atoms with Crippen molar-refractivity contribution in [3.05, 3.63) is 77.5 Å². The highest BCUT2D eigenvalue weighted by molar-refractivity contribution is 5.77. The molecule has 2 aliphatic rings. The maximum Gasteiger partial charge on any atom is 0.323 e. The van der Waals surface area contributed by atoms with Gasteiger partial charge in [-0.1, -0.05) is 55.0 Å². The van der Waals surface area contributed by atoms with Gasteiger partial charge in [0, 0.05) is 37.4 Å². The molecule has 158 valence electrons. The van der Waals surface area contributed by atoms with E-state index >= 15 is 0 Å². The number of ether oxygens (including phenoxy) is 1. The topological polar surface area (TPSA) is 32.8 Å². The highest BCUT2D eigenvalue weighted by Gasteiger charge is 2.42. The minimum atomic E-state index is -0.252. The Morgan fingerprint density at radius 3 is 2.47 bits per heavy atom. The van der Waals surface area contributed by atoms with Crippen molar-refractivity contribution in [2.75, 3.05) is 18.6 Å². The first-order valence-corrected chi connectivity index (χ1v) is 11.2. The van der Waals surface area contributed by atoms with Gasteiger partial charge in [-0.2, -0.15) is 0 Å². The monoisotopic (exact) mass is 404 g/mol. The van der Waals surface area contributed by atoms with Gasteiger partial charge in [-0.25, -0.2) is 0 Å². The molecule has 2 aromatic rings. The molecule has 0 spiro atoms. The van der Waals surface area contributed by atoms with Crippen LogP contribution in [-0.2, 0) is 16.1 Å². The van der Waals surface area contributed by atoms with Gasteiger partial charge in [0.15, 0.2) is 0 Å². The molecule has 4 nitrogen and oxygen atoms in total. The summed E-state index contributed by atoms with van der Waals surface area (Å²) in [4.78, 5) is 17.8. The van der Waals surface area contributed by atoms with Gasteiger partial charge in [0.2, 0.25) is 0 Å². The molecule has 30 heavy (non-hydrogen) atoms. The summed E-state index contributed by atoms with van der Waals surface area (Å²) in [6, 6.07) is 21.0. The van der Waals surface area contributed by atoms with Crippen LogP contribution < -0.4 is 4.90 Å². The molecule has 0 amide bonds. The number of carbonyl (C=O) groups is 1. The van der Waals surface area contributed by atoms with E-state index in [9.17, 15) is 4.79 Å². The number of nitrogens with zero attached hydrogens (tertiary/aromatic N) is 2. The molecular weight excluding hydrogens is 372 g/mol. The fourth-order valence-electron chi connectivity index (χ4n) is 4.98. The van der Waals surface area contributed by atoms with Crippen molar-refractivity contribution in [3.63, 3.8) is 0 Å². The molecule has 0 N–H and O–H groups in total. The highest BCUT2D eigenvalue weighted by Crippen LogP contribution is 2.40. The fourth-order valence-corrected chi connectivity index (χ4v) is 4.98. The zero-order chi connectivity index (χ0) is 20.9. The van der Waals surface area contributed by atoms with E-state index in [1.807, 2.05) is 19.1 Å². The first kappa shape index (κ1) is 20.7. The zero-order valence-electron chi connectivity index (χ0n) is 18.1. The van der Waals surface area contributed by atoms with Crippen LogP contribution in [0.25, 0.3) is 0 Å². The number of hydrogen-bond acceptors (Lipinski definition) is 4. The first-order chi connectivity index (χ1) is 14.7. The van der Waals surface area contributed by atoms with Crippen molar-refractivity contribution in [2.45, 2.75) is 57.7 Å². The van der Waals surface area contributed by atoms with E-state index < -0.39 is 0 Å². The van der Waals surface area contributed by atoms with Gasteiger partial charge in [0.1, 0.15) is 6.04 Å². The van der Waals surface area contributed by atoms with E-state index in [0.29, 0.717) is 19.1 Å². The summed E-state index contributed by atoms with van der Waals surface area (Å²) in [5.74, 6) is -0.1000. The van der Waals surface area contributed by atoms with E-state index in [-0.39, 0.29) is 12.0 Å². The molecule has 0 saturated heterocycles. The molecule has 2 atom stereocenters. The summed E-state index contributed by atoms with van der Waals surface area (Å²) in [5.41, 5.74) is 5.22. The predicted octanol–water partition coefficient (Wildman–Crippen LogP) is 5.16. The van der Waals surface area contributed by atoms with Gasteiger partial charge in [-0.3, -0.25) is 9.69 Å². The Morgan fingerprint density at radius 1 is 1.07 bits per heavy atom. The zero-order valence-corrected chi connectivity index (χ0v) is 18.1. The lowest BCUT2D eigenvalue weighted by Crippen LogP contribution is -2.53. The van der Waals surface area contributed by atoms with Crippen LogP contribution >= 0.6 is 0 Å². The van der Waals surface area contributed by atoms with E-state index in [0.717, 1.165) is 19.4 Å². The Labute approximate surface area is 180 Å². The molecule has 4 heteroatoms. The van der Waals surface area contributed by atoms with Gasteiger partial charge < -0.3 is 9.64 Å². The second-order valence-corrected chi connectivity index (χ2v) is 8.26. The lowest BCUT2D eigenvalue weighted by atomic mass is 9.81. The Hall–Kier alpha value is -2.59. The van der Waals surface area contributed by atoms with Gasteiger partial charge >= 0.3 is 5.97 Å². The fraction of sp³-hybridized carbons (Fsp3) is 0.423. The number of carbonyl (C=O) groups excluding carboxylic acids is 1. The van der Waals surface area contributed by atoms with Crippen LogP contribution in [0.5, 0.6) is 0 Å². The maximum absolute atomic E-state index is 13.1. The largest absolute Gasteiger partial charge is 0.465 e. The minimum Gasteiger partial charge on any atom is -0.465 e. The van der Waals surface area contributed by atoms with E-state index in [4.69, 9.17) is 4.74 Å². The number of esters is 1. The van der Waals surface area contributed by atoms with E-state index in [1.165, 1.54) is 35.4 Å². The van der Waals surface area contributed by atoms with Crippen LogP contribution in [0.3, 0.4) is 0 Å². The normalized spacial score (nSPS) is 21.8. The third-order valence-electron chi connectivity index (χ3n) is 6.45. The van der Waals surface area contributed by atoms with Gasteiger partial charge in [-0.05, 0) is 49.5 Å². The quantitative estimate of drug-likeness (QED) is 0.623. The molecule has 4 rings (SSSR count). The molecule has 1 saturated carbocycles. The van der Waals surface area contributed by atoms with E-state index in [2.05, 4.69) is 65.4 Å². The van der Waals surface area contributed by atoms with Crippen molar-refractivity contribution in [3.8, 4) is 0 Å². The maximum atomic E-state index is 13.1. The van der Waals surface area contributed by atoms with Crippen molar-refractivity contribution >= 4 is 11.7 Å². The van der Waals surface area contributed by atoms with Crippen LogP contribution in [0, 0.1) is 0 Å². The Balaban J connectivity index is 1.73. The third-order valence-corrected chi connectivity index (χ3v) is 6.45. The molecular formula is C26H32N2O2. The van der Waals surface area contributed by atoms with Crippen LogP contribution in [0.4, 0.5) is 5.69 Å². The molecule has 0 bridgehead atoms. The minimum absolute atomic E-state index is 0.1000. The first-order valence-electron chi connectivity index (χ1n) is 11.2. The van der Waals surface area contributed by atoms with Crippen LogP contribution in [-0.4, -0.2) is 36.6 Å². The summed E-state index contributed by atoms with van der Waals surface area (Å²) in [7, 11) is 2.14. The molecule has 0 radical (unpaired) electrons.